The summed E-state index contributed by atoms with van der Waals surface area (Å²) >= 11 is 0. The molecule has 4 heteroatoms. The molecule has 20 heavy (non-hydrogen) atoms. The number of carbonyl (C=O) groups is 1. The molecule has 0 aliphatic rings. The summed E-state index contributed by atoms with van der Waals surface area (Å²) in [4.78, 5) is 11.1. The molecule has 0 atom stereocenters. The Labute approximate surface area is 117 Å². The SMILES string of the molecule is COc1ccc(-c2cc(C(=O)O)ccc2C)cc1OC. The average molecular weight is 272 g/mol. The van der Waals surface area contributed by atoms with Crippen molar-refractivity contribution in [2.45, 2.75) is 6.92 Å². The lowest BCUT2D eigenvalue weighted by Crippen LogP contribution is -1.97. The summed E-state index contributed by atoms with van der Waals surface area (Å²) in [6, 6.07) is 10.6. The van der Waals surface area contributed by atoms with E-state index in [1.807, 2.05) is 19.1 Å². The summed E-state index contributed by atoms with van der Waals surface area (Å²) in [6.07, 6.45) is 0. The van der Waals surface area contributed by atoms with E-state index in [1.54, 1.807) is 38.5 Å². The lowest BCUT2D eigenvalue weighted by atomic mass is 9.98. The molecule has 0 bridgehead atoms. The maximum atomic E-state index is 11.1. The van der Waals surface area contributed by atoms with E-state index >= 15 is 0 Å². The van der Waals surface area contributed by atoms with Crippen LogP contribution in [0.2, 0.25) is 0 Å². The fraction of sp³-hybridized carbons (Fsp3) is 0.188. The van der Waals surface area contributed by atoms with Crippen LogP contribution in [0.1, 0.15) is 15.9 Å². The molecule has 104 valence electrons. The molecule has 0 radical (unpaired) electrons. The van der Waals surface area contributed by atoms with Gasteiger partial charge in [-0.15, -0.1) is 0 Å². The second-order valence-electron chi connectivity index (χ2n) is 4.40. The molecule has 0 fully saturated rings. The van der Waals surface area contributed by atoms with Crippen molar-refractivity contribution in [3.63, 3.8) is 0 Å². The van der Waals surface area contributed by atoms with Crippen LogP contribution in [0.4, 0.5) is 0 Å². The van der Waals surface area contributed by atoms with Crippen LogP contribution in [0.5, 0.6) is 11.5 Å². The minimum Gasteiger partial charge on any atom is -0.493 e. The summed E-state index contributed by atoms with van der Waals surface area (Å²) in [6.45, 7) is 1.94. The minimum atomic E-state index is -0.938. The first-order chi connectivity index (χ1) is 9.56. The number of aromatic carboxylic acids is 1. The molecule has 0 aliphatic heterocycles. The molecule has 2 aromatic rings. The Morgan fingerprint density at radius 1 is 1.00 bits per heavy atom. The van der Waals surface area contributed by atoms with Gasteiger partial charge in [-0.05, 0) is 47.9 Å². The van der Waals surface area contributed by atoms with Crippen LogP contribution in [0.25, 0.3) is 11.1 Å². The first-order valence-corrected chi connectivity index (χ1v) is 6.13. The zero-order chi connectivity index (χ0) is 14.7. The normalized spacial score (nSPS) is 10.2. The van der Waals surface area contributed by atoms with Gasteiger partial charge in [0.05, 0.1) is 19.8 Å². The Balaban J connectivity index is 2.56. The van der Waals surface area contributed by atoms with E-state index in [1.165, 1.54) is 0 Å². The quantitative estimate of drug-likeness (QED) is 0.927. The van der Waals surface area contributed by atoms with Crippen LogP contribution in [-0.4, -0.2) is 25.3 Å². The van der Waals surface area contributed by atoms with Crippen LogP contribution in [-0.2, 0) is 0 Å². The number of benzene rings is 2. The Morgan fingerprint density at radius 2 is 1.70 bits per heavy atom. The van der Waals surface area contributed by atoms with Crippen molar-refractivity contribution in [2.24, 2.45) is 0 Å². The number of carboxylic acid groups (broad SMARTS) is 1. The van der Waals surface area contributed by atoms with Gasteiger partial charge in [-0.3, -0.25) is 0 Å². The fourth-order valence-electron chi connectivity index (χ4n) is 2.07. The first kappa shape index (κ1) is 13.9. The topological polar surface area (TPSA) is 55.8 Å². The van der Waals surface area contributed by atoms with Crippen molar-refractivity contribution < 1.29 is 19.4 Å². The average Bonchev–Trinajstić information content (AvgIpc) is 2.46. The molecule has 0 heterocycles. The monoisotopic (exact) mass is 272 g/mol. The number of hydrogen-bond donors (Lipinski definition) is 1. The molecule has 0 saturated heterocycles. The minimum absolute atomic E-state index is 0.264. The van der Waals surface area contributed by atoms with Gasteiger partial charge in [-0.2, -0.15) is 0 Å². The van der Waals surface area contributed by atoms with Crippen LogP contribution in [0, 0.1) is 6.92 Å². The van der Waals surface area contributed by atoms with E-state index in [9.17, 15) is 4.79 Å². The van der Waals surface area contributed by atoms with E-state index in [0.29, 0.717) is 11.5 Å². The summed E-state index contributed by atoms with van der Waals surface area (Å²) in [5, 5.41) is 9.09. The highest BCUT2D eigenvalue weighted by atomic mass is 16.5. The summed E-state index contributed by atoms with van der Waals surface area (Å²) in [5.41, 5.74) is 3.02. The van der Waals surface area contributed by atoms with Crippen LogP contribution < -0.4 is 9.47 Å². The largest absolute Gasteiger partial charge is 0.493 e. The standard InChI is InChI=1S/C16H16O4/c1-10-4-5-12(16(17)18)8-13(10)11-6-7-14(19-2)15(9-11)20-3/h4-9H,1-3H3,(H,17,18). The number of hydrogen-bond acceptors (Lipinski definition) is 3. The molecule has 0 aliphatic carbocycles. The smallest absolute Gasteiger partial charge is 0.335 e. The molecule has 1 N–H and O–H groups in total. The highest BCUT2D eigenvalue weighted by Gasteiger charge is 2.11. The molecule has 0 aromatic heterocycles. The van der Waals surface area contributed by atoms with Crippen LogP contribution in [0.15, 0.2) is 36.4 Å². The number of aryl methyl sites for hydroxylation is 1. The summed E-state index contributed by atoms with van der Waals surface area (Å²) in [7, 11) is 3.15. The number of rotatable bonds is 4. The molecule has 2 aromatic carbocycles. The van der Waals surface area contributed by atoms with Gasteiger partial charge in [0.2, 0.25) is 0 Å². The third-order valence-corrected chi connectivity index (χ3v) is 3.18. The van der Waals surface area contributed by atoms with E-state index in [2.05, 4.69) is 0 Å². The van der Waals surface area contributed by atoms with Gasteiger partial charge in [0.25, 0.3) is 0 Å². The van der Waals surface area contributed by atoms with Gasteiger partial charge in [0.15, 0.2) is 11.5 Å². The second-order valence-corrected chi connectivity index (χ2v) is 4.40. The highest BCUT2D eigenvalue weighted by Crippen LogP contribution is 2.33. The lowest BCUT2D eigenvalue weighted by molar-refractivity contribution is 0.0697. The Morgan fingerprint density at radius 3 is 2.30 bits per heavy atom. The van der Waals surface area contributed by atoms with E-state index < -0.39 is 5.97 Å². The molecule has 2 rings (SSSR count). The molecule has 0 amide bonds. The van der Waals surface area contributed by atoms with Crippen LogP contribution >= 0.6 is 0 Å². The first-order valence-electron chi connectivity index (χ1n) is 6.13. The zero-order valence-corrected chi connectivity index (χ0v) is 11.6. The van der Waals surface area contributed by atoms with Crippen molar-refractivity contribution in [1.82, 2.24) is 0 Å². The number of carboxylic acids is 1. The Bertz CT molecular complexity index is 647. The fourth-order valence-corrected chi connectivity index (χ4v) is 2.07. The number of ether oxygens (including phenoxy) is 2. The van der Waals surface area contributed by atoms with Crippen molar-refractivity contribution in [1.29, 1.82) is 0 Å². The van der Waals surface area contributed by atoms with Gasteiger partial charge in [-0.25, -0.2) is 4.79 Å². The maximum Gasteiger partial charge on any atom is 0.335 e. The molecule has 0 unspecified atom stereocenters. The van der Waals surface area contributed by atoms with E-state index in [-0.39, 0.29) is 5.56 Å². The zero-order valence-electron chi connectivity index (χ0n) is 11.6. The predicted molar refractivity (Wildman–Crippen MR) is 76.7 cm³/mol. The third-order valence-electron chi connectivity index (χ3n) is 3.18. The maximum absolute atomic E-state index is 11.1. The predicted octanol–water partition coefficient (Wildman–Crippen LogP) is 3.38. The van der Waals surface area contributed by atoms with Gasteiger partial charge in [0.1, 0.15) is 0 Å². The van der Waals surface area contributed by atoms with Gasteiger partial charge < -0.3 is 14.6 Å². The number of methoxy groups -OCH3 is 2. The van der Waals surface area contributed by atoms with Crippen molar-refractivity contribution in [2.75, 3.05) is 14.2 Å². The molecule has 0 saturated carbocycles. The third kappa shape index (κ3) is 2.59. The lowest BCUT2D eigenvalue weighted by Gasteiger charge is -2.12. The van der Waals surface area contributed by atoms with Crippen molar-refractivity contribution in [3.05, 3.63) is 47.5 Å². The highest BCUT2D eigenvalue weighted by molar-refractivity contribution is 5.90. The van der Waals surface area contributed by atoms with Crippen molar-refractivity contribution >= 4 is 5.97 Å². The Kier molecular flexibility index (Phi) is 3.94. The van der Waals surface area contributed by atoms with E-state index in [0.717, 1.165) is 16.7 Å². The van der Waals surface area contributed by atoms with Gasteiger partial charge in [-0.1, -0.05) is 12.1 Å². The molecule has 0 spiro atoms. The van der Waals surface area contributed by atoms with Gasteiger partial charge >= 0.3 is 5.97 Å². The van der Waals surface area contributed by atoms with Crippen molar-refractivity contribution in [3.8, 4) is 22.6 Å². The molecular weight excluding hydrogens is 256 g/mol. The molecule has 4 nitrogen and oxygen atoms in total. The van der Waals surface area contributed by atoms with Gasteiger partial charge in [0, 0.05) is 0 Å². The second kappa shape index (κ2) is 5.65. The van der Waals surface area contributed by atoms with Crippen LogP contribution in [0.3, 0.4) is 0 Å². The molecular formula is C16H16O4. The summed E-state index contributed by atoms with van der Waals surface area (Å²) in [5.74, 6) is 0.320. The Hall–Kier alpha value is -2.49. The van der Waals surface area contributed by atoms with E-state index in [4.69, 9.17) is 14.6 Å². The summed E-state index contributed by atoms with van der Waals surface area (Å²) < 4.78 is 10.5.